The van der Waals surface area contributed by atoms with Gasteiger partial charge >= 0.3 is 0 Å². The van der Waals surface area contributed by atoms with Gasteiger partial charge in [-0.05, 0) is 38.4 Å². The van der Waals surface area contributed by atoms with Crippen molar-refractivity contribution in [2.24, 2.45) is 0 Å². The Morgan fingerprint density at radius 3 is 2.95 bits per heavy atom. The quantitative estimate of drug-likeness (QED) is 0.811. The third kappa shape index (κ3) is 2.74. The molecule has 1 aromatic rings. The fourth-order valence-corrected chi connectivity index (χ4v) is 3.71. The van der Waals surface area contributed by atoms with Crippen LogP contribution in [0, 0.1) is 0 Å². The number of nitrogen functional groups attached to an aromatic ring is 1. The van der Waals surface area contributed by atoms with Crippen LogP contribution in [0.5, 0.6) is 0 Å². The highest BCUT2D eigenvalue weighted by Crippen LogP contribution is 2.28. The second-order valence-corrected chi connectivity index (χ2v) is 6.54. The molecule has 2 fully saturated rings. The second-order valence-electron chi connectivity index (χ2n) is 6.16. The van der Waals surface area contributed by atoms with Gasteiger partial charge in [0.2, 0.25) is 0 Å². The first-order valence-electron chi connectivity index (χ1n) is 7.67. The summed E-state index contributed by atoms with van der Waals surface area (Å²) in [5.74, 6) is 0.00465. The Morgan fingerprint density at radius 2 is 2.14 bits per heavy atom. The van der Waals surface area contributed by atoms with Crippen LogP contribution in [0.15, 0.2) is 18.2 Å². The number of carbonyl (C=O) groups excluding carboxylic acids is 1. The van der Waals surface area contributed by atoms with E-state index in [1.807, 2.05) is 4.90 Å². The van der Waals surface area contributed by atoms with Crippen molar-refractivity contribution in [2.45, 2.75) is 38.3 Å². The van der Waals surface area contributed by atoms with E-state index in [1.54, 1.807) is 18.2 Å². The molecule has 2 atom stereocenters. The number of fused-ring (bicyclic) bond motifs is 1. The predicted octanol–water partition coefficient (Wildman–Crippen LogP) is 2.62. The zero-order chi connectivity index (χ0) is 15.0. The molecule has 1 aromatic carbocycles. The number of carbonyl (C=O) groups is 1. The van der Waals surface area contributed by atoms with E-state index in [0.29, 0.717) is 22.3 Å². The van der Waals surface area contributed by atoms with Crippen LogP contribution in [-0.4, -0.2) is 47.4 Å². The Balaban J connectivity index is 1.82. The summed E-state index contributed by atoms with van der Waals surface area (Å²) in [6.45, 7) is 5.03. The van der Waals surface area contributed by atoms with Gasteiger partial charge in [-0.3, -0.25) is 9.69 Å². The molecule has 0 bridgehead atoms. The van der Waals surface area contributed by atoms with Crippen LogP contribution in [0.25, 0.3) is 0 Å². The zero-order valence-corrected chi connectivity index (χ0v) is 13.1. The molecular weight excluding hydrogens is 286 g/mol. The smallest absolute Gasteiger partial charge is 0.255 e. The van der Waals surface area contributed by atoms with Crippen molar-refractivity contribution in [1.82, 2.24) is 9.80 Å². The SMILES string of the molecule is CC1CN2CCCCC2CN1C(=O)c1cccc(N)c1Cl. The lowest BCUT2D eigenvalue weighted by molar-refractivity contribution is 0.0152. The molecule has 0 aliphatic carbocycles. The Labute approximate surface area is 130 Å². The van der Waals surface area contributed by atoms with E-state index in [2.05, 4.69) is 11.8 Å². The summed E-state index contributed by atoms with van der Waals surface area (Å²) in [4.78, 5) is 17.3. The van der Waals surface area contributed by atoms with Gasteiger partial charge in [0.05, 0.1) is 16.3 Å². The number of benzene rings is 1. The highest BCUT2D eigenvalue weighted by atomic mass is 35.5. The summed E-state index contributed by atoms with van der Waals surface area (Å²) in [5, 5.41) is 0.376. The van der Waals surface area contributed by atoms with Gasteiger partial charge in [0, 0.05) is 25.2 Å². The zero-order valence-electron chi connectivity index (χ0n) is 12.4. The molecule has 114 valence electrons. The highest BCUT2D eigenvalue weighted by Gasteiger charge is 2.36. The maximum absolute atomic E-state index is 12.8. The lowest BCUT2D eigenvalue weighted by atomic mass is 9.96. The average Bonchev–Trinajstić information content (AvgIpc) is 2.48. The van der Waals surface area contributed by atoms with E-state index in [9.17, 15) is 4.79 Å². The van der Waals surface area contributed by atoms with E-state index in [0.717, 1.165) is 19.6 Å². The van der Waals surface area contributed by atoms with E-state index in [1.165, 1.54) is 19.3 Å². The van der Waals surface area contributed by atoms with Crippen molar-refractivity contribution in [2.75, 3.05) is 25.4 Å². The lowest BCUT2D eigenvalue weighted by Crippen LogP contribution is -2.60. The first-order chi connectivity index (χ1) is 10.1. The first-order valence-corrected chi connectivity index (χ1v) is 8.04. The number of halogens is 1. The molecule has 21 heavy (non-hydrogen) atoms. The van der Waals surface area contributed by atoms with Crippen molar-refractivity contribution < 1.29 is 4.79 Å². The minimum Gasteiger partial charge on any atom is -0.398 e. The molecule has 2 N–H and O–H groups in total. The molecule has 0 spiro atoms. The van der Waals surface area contributed by atoms with E-state index < -0.39 is 0 Å². The molecule has 3 rings (SSSR count). The molecule has 4 nitrogen and oxygen atoms in total. The van der Waals surface area contributed by atoms with Crippen LogP contribution in [-0.2, 0) is 0 Å². The van der Waals surface area contributed by atoms with Crippen molar-refractivity contribution in [1.29, 1.82) is 0 Å². The molecule has 2 unspecified atom stereocenters. The normalized spacial score (nSPS) is 26.5. The van der Waals surface area contributed by atoms with Gasteiger partial charge in [-0.15, -0.1) is 0 Å². The van der Waals surface area contributed by atoms with Crippen molar-refractivity contribution in [3.05, 3.63) is 28.8 Å². The van der Waals surface area contributed by atoms with Crippen molar-refractivity contribution in [3.8, 4) is 0 Å². The Morgan fingerprint density at radius 1 is 1.33 bits per heavy atom. The van der Waals surface area contributed by atoms with Crippen molar-refractivity contribution in [3.63, 3.8) is 0 Å². The summed E-state index contributed by atoms with van der Waals surface area (Å²) in [7, 11) is 0. The summed E-state index contributed by atoms with van der Waals surface area (Å²) in [5.41, 5.74) is 6.80. The van der Waals surface area contributed by atoms with Crippen LogP contribution in [0.1, 0.15) is 36.5 Å². The van der Waals surface area contributed by atoms with Crippen LogP contribution >= 0.6 is 11.6 Å². The number of nitrogens with zero attached hydrogens (tertiary/aromatic N) is 2. The number of amides is 1. The second kappa shape index (κ2) is 5.85. The fourth-order valence-electron chi connectivity index (χ4n) is 3.50. The topological polar surface area (TPSA) is 49.6 Å². The maximum Gasteiger partial charge on any atom is 0.255 e. The number of rotatable bonds is 1. The maximum atomic E-state index is 12.8. The number of hydrogen-bond donors (Lipinski definition) is 1. The van der Waals surface area contributed by atoms with Gasteiger partial charge < -0.3 is 10.6 Å². The Kier molecular flexibility index (Phi) is 4.09. The molecule has 1 amide bonds. The summed E-state index contributed by atoms with van der Waals surface area (Å²) < 4.78 is 0. The highest BCUT2D eigenvalue weighted by molar-refractivity contribution is 6.36. The van der Waals surface area contributed by atoms with Gasteiger partial charge in [0.15, 0.2) is 0 Å². The minimum absolute atomic E-state index is 0.00465. The summed E-state index contributed by atoms with van der Waals surface area (Å²) in [6, 6.07) is 5.99. The predicted molar refractivity (Wildman–Crippen MR) is 85.6 cm³/mol. The molecule has 0 saturated carbocycles. The molecule has 5 heteroatoms. The first kappa shape index (κ1) is 14.7. The van der Waals surface area contributed by atoms with Crippen LogP contribution < -0.4 is 5.73 Å². The Hall–Kier alpha value is -1.26. The lowest BCUT2D eigenvalue weighted by Gasteiger charge is -2.47. The summed E-state index contributed by atoms with van der Waals surface area (Å²) in [6.07, 6.45) is 3.72. The molecule has 0 radical (unpaired) electrons. The fraction of sp³-hybridized carbons (Fsp3) is 0.562. The van der Waals surface area contributed by atoms with Gasteiger partial charge in [-0.2, -0.15) is 0 Å². The standard InChI is InChI=1S/C16H22ClN3O/c1-11-9-19-8-3-2-5-12(19)10-20(11)16(21)13-6-4-7-14(18)15(13)17/h4,6-7,11-12H,2-3,5,8-10,18H2,1H3. The van der Waals surface area contributed by atoms with E-state index in [4.69, 9.17) is 17.3 Å². The third-order valence-electron chi connectivity index (χ3n) is 4.71. The number of anilines is 1. The minimum atomic E-state index is 0.00465. The van der Waals surface area contributed by atoms with Crippen molar-refractivity contribution >= 4 is 23.2 Å². The molecular formula is C16H22ClN3O. The number of nitrogens with two attached hydrogens (primary N) is 1. The summed E-state index contributed by atoms with van der Waals surface area (Å²) >= 11 is 6.21. The van der Waals surface area contributed by atoms with Crippen LogP contribution in [0.3, 0.4) is 0 Å². The van der Waals surface area contributed by atoms with Gasteiger partial charge in [0.1, 0.15) is 0 Å². The number of piperazine rings is 1. The molecule has 0 aromatic heterocycles. The Bertz CT molecular complexity index is 548. The number of piperidine rings is 1. The number of hydrogen-bond acceptors (Lipinski definition) is 3. The van der Waals surface area contributed by atoms with Gasteiger partial charge in [0.25, 0.3) is 5.91 Å². The average molecular weight is 308 g/mol. The van der Waals surface area contributed by atoms with E-state index >= 15 is 0 Å². The molecule has 2 heterocycles. The molecule has 2 aliphatic rings. The largest absolute Gasteiger partial charge is 0.398 e. The molecule has 2 saturated heterocycles. The van der Waals surface area contributed by atoms with Crippen LogP contribution in [0.2, 0.25) is 5.02 Å². The van der Waals surface area contributed by atoms with E-state index in [-0.39, 0.29) is 11.9 Å². The van der Waals surface area contributed by atoms with Gasteiger partial charge in [-0.25, -0.2) is 0 Å². The van der Waals surface area contributed by atoms with Gasteiger partial charge in [-0.1, -0.05) is 24.1 Å². The third-order valence-corrected chi connectivity index (χ3v) is 5.13. The van der Waals surface area contributed by atoms with Crippen LogP contribution in [0.4, 0.5) is 5.69 Å². The monoisotopic (exact) mass is 307 g/mol. The molecule has 2 aliphatic heterocycles.